The predicted molar refractivity (Wildman–Crippen MR) is 42.8 cm³/mol. The van der Waals surface area contributed by atoms with Crippen molar-refractivity contribution in [2.24, 2.45) is 5.73 Å². The predicted octanol–water partition coefficient (Wildman–Crippen LogP) is 0.601. The van der Waals surface area contributed by atoms with Crippen LogP contribution in [0.4, 0.5) is 4.39 Å². The average Bonchev–Trinajstić information content (AvgIpc) is 2.03. The molecule has 12 heavy (non-hydrogen) atoms. The average molecular weight is 170 g/mol. The lowest BCUT2D eigenvalue weighted by atomic mass is 10.1. The van der Waals surface area contributed by atoms with E-state index >= 15 is 0 Å². The molecule has 0 aliphatic carbocycles. The van der Waals surface area contributed by atoms with Crippen molar-refractivity contribution in [2.45, 2.75) is 19.1 Å². The first-order valence-electron chi connectivity index (χ1n) is 3.66. The Morgan fingerprint density at radius 3 is 2.83 bits per heavy atom. The summed E-state index contributed by atoms with van der Waals surface area (Å²) in [4.78, 5) is 3.38. The molecule has 0 aliphatic heterocycles. The Morgan fingerprint density at radius 2 is 2.33 bits per heavy atom. The van der Waals surface area contributed by atoms with E-state index < -0.39 is 18.1 Å². The number of aromatic nitrogens is 1. The first kappa shape index (κ1) is 9.09. The summed E-state index contributed by atoms with van der Waals surface area (Å²) in [5.74, 6) is -0.580. The fourth-order valence-corrected chi connectivity index (χ4v) is 0.903. The number of pyridine rings is 1. The van der Waals surface area contributed by atoms with Gasteiger partial charge in [-0.1, -0.05) is 0 Å². The van der Waals surface area contributed by atoms with Gasteiger partial charge in [-0.25, -0.2) is 4.98 Å². The molecule has 0 aliphatic rings. The van der Waals surface area contributed by atoms with Gasteiger partial charge in [0.05, 0.1) is 12.1 Å². The number of rotatable bonds is 2. The smallest absolute Gasteiger partial charge is 0.213 e. The van der Waals surface area contributed by atoms with E-state index in [0.717, 1.165) is 0 Å². The normalized spacial score (nSPS) is 15.7. The molecule has 0 spiro atoms. The molecule has 2 unspecified atom stereocenters. The summed E-state index contributed by atoms with van der Waals surface area (Å²) in [7, 11) is 0. The van der Waals surface area contributed by atoms with Crippen LogP contribution in [0.2, 0.25) is 0 Å². The van der Waals surface area contributed by atoms with Gasteiger partial charge in [-0.3, -0.25) is 0 Å². The minimum atomic E-state index is -0.688. The highest BCUT2D eigenvalue weighted by molar-refractivity contribution is 5.16. The monoisotopic (exact) mass is 170 g/mol. The van der Waals surface area contributed by atoms with Crippen molar-refractivity contribution in [3.05, 3.63) is 29.8 Å². The second-order valence-corrected chi connectivity index (χ2v) is 2.68. The molecule has 0 saturated heterocycles. The minimum Gasteiger partial charge on any atom is -0.391 e. The van der Waals surface area contributed by atoms with Gasteiger partial charge in [0.15, 0.2) is 0 Å². The van der Waals surface area contributed by atoms with Crippen LogP contribution in [0.3, 0.4) is 0 Å². The second kappa shape index (κ2) is 3.60. The van der Waals surface area contributed by atoms with Crippen LogP contribution in [-0.4, -0.2) is 16.2 Å². The molecule has 1 aromatic heterocycles. The van der Waals surface area contributed by atoms with Crippen LogP contribution < -0.4 is 5.73 Å². The minimum absolute atomic E-state index is 0.553. The number of nitrogens with zero attached hydrogens (tertiary/aromatic N) is 1. The van der Waals surface area contributed by atoms with Gasteiger partial charge in [0.2, 0.25) is 5.95 Å². The van der Waals surface area contributed by atoms with Gasteiger partial charge in [0, 0.05) is 6.20 Å². The summed E-state index contributed by atoms with van der Waals surface area (Å²) in [6, 6.07) is 2.25. The zero-order valence-corrected chi connectivity index (χ0v) is 6.74. The zero-order valence-electron chi connectivity index (χ0n) is 6.74. The Hall–Kier alpha value is -1.00. The number of hydrogen-bond donors (Lipinski definition) is 2. The standard InChI is InChI=1S/C8H11FN2O/c1-5(12)8(10)6-2-3-11-7(9)4-6/h2-5,8,12H,10H2,1H3. The van der Waals surface area contributed by atoms with Crippen LogP contribution in [0.25, 0.3) is 0 Å². The van der Waals surface area contributed by atoms with Gasteiger partial charge in [-0.15, -0.1) is 0 Å². The molecule has 0 radical (unpaired) electrons. The van der Waals surface area contributed by atoms with Crippen LogP contribution in [-0.2, 0) is 0 Å². The number of aliphatic hydroxyl groups excluding tert-OH is 1. The molecule has 0 saturated carbocycles. The zero-order chi connectivity index (χ0) is 9.14. The lowest BCUT2D eigenvalue weighted by Crippen LogP contribution is -2.23. The molecule has 1 rings (SSSR count). The molecule has 0 amide bonds. The maximum absolute atomic E-state index is 12.5. The van der Waals surface area contributed by atoms with E-state index in [0.29, 0.717) is 5.56 Å². The summed E-state index contributed by atoms with van der Waals surface area (Å²) < 4.78 is 12.5. The van der Waals surface area contributed by atoms with Crippen molar-refractivity contribution in [1.82, 2.24) is 4.98 Å². The van der Waals surface area contributed by atoms with Crippen molar-refractivity contribution in [3.8, 4) is 0 Å². The number of hydrogen-bond acceptors (Lipinski definition) is 3. The SMILES string of the molecule is CC(O)C(N)c1ccnc(F)c1. The molecule has 3 nitrogen and oxygen atoms in total. The molecular weight excluding hydrogens is 159 g/mol. The molecule has 0 fully saturated rings. The maximum atomic E-state index is 12.5. The van der Waals surface area contributed by atoms with E-state index in [4.69, 9.17) is 10.8 Å². The van der Waals surface area contributed by atoms with Gasteiger partial charge < -0.3 is 10.8 Å². The number of aliphatic hydroxyl groups is 1. The second-order valence-electron chi connectivity index (χ2n) is 2.68. The van der Waals surface area contributed by atoms with E-state index in [1.807, 2.05) is 0 Å². The van der Waals surface area contributed by atoms with E-state index in [1.165, 1.54) is 12.3 Å². The molecule has 0 bridgehead atoms. The lowest BCUT2D eigenvalue weighted by molar-refractivity contribution is 0.164. The highest BCUT2D eigenvalue weighted by atomic mass is 19.1. The van der Waals surface area contributed by atoms with Gasteiger partial charge in [0.1, 0.15) is 0 Å². The fraction of sp³-hybridized carbons (Fsp3) is 0.375. The van der Waals surface area contributed by atoms with Gasteiger partial charge >= 0.3 is 0 Å². The van der Waals surface area contributed by atoms with Crippen LogP contribution in [0.15, 0.2) is 18.3 Å². The fourth-order valence-electron chi connectivity index (χ4n) is 0.903. The summed E-state index contributed by atoms with van der Waals surface area (Å²) in [6.45, 7) is 1.56. The quantitative estimate of drug-likeness (QED) is 0.639. The molecular formula is C8H11FN2O. The molecule has 4 heteroatoms. The van der Waals surface area contributed by atoms with Gasteiger partial charge in [0.25, 0.3) is 0 Å². The maximum Gasteiger partial charge on any atom is 0.213 e. The van der Waals surface area contributed by atoms with E-state index in [-0.39, 0.29) is 0 Å². The van der Waals surface area contributed by atoms with Crippen LogP contribution in [0.5, 0.6) is 0 Å². The number of nitrogens with two attached hydrogens (primary N) is 1. The molecule has 2 atom stereocenters. The van der Waals surface area contributed by atoms with Crippen molar-refractivity contribution in [3.63, 3.8) is 0 Å². The van der Waals surface area contributed by atoms with Crippen LogP contribution >= 0.6 is 0 Å². The Bertz CT molecular complexity index is 265. The highest BCUT2D eigenvalue weighted by Gasteiger charge is 2.12. The molecule has 1 heterocycles. The summed E-state index contributed by atoms with van der Waals surface area (Å²) in [5.41, 5.74) is 6.12. The van der Waals surface area contributed by atoms with Crippen LogP contribution in [0.1, 0.15) is 18.5 Å². The first-order chi connectivity index (χ1) is 5.61. The molecule has 66 valence electrons. The highest BCUT2D eigenvalue weighted by Crippen LogP contribution is 2.13. The van der Waals surface area contributed by atoms with Crippen molar-refractivity contribution < 1.29 is 9.50 Å². The molecule has 0 aromatic carbocycles. The summed E-state index contributed by atoms with van der Waals surface area (Å²) in [6.07, 6.45) is 0.638. The van der Waals surface area contributed by atoms with Gasteiger partial charge in [-0.05, 0) is 24.6 Å². The van der Waals surface area contributed by atoms with E-state index in [9.17, 15) is 4.39 Å². The Morgan fingerprint density at radius 1 is 1.67 bits per heavy atom. The summed E-state index contributed by atoms with van der Waals surface area (Å²) >= 11 is 0. The van der Waals surface area contributed by atoms with E-state index in [2.05, 4.69) is 4.98 Å². The Balaban J connectivity index is 2.88. The Labute approximate surface area is 70.0 Å². The Kier molecular flexibility index (Phi) is 2.73. The van der Waals surface area contributed by atoms with Crippen LogP contribution in [0, 0.1) is 5.95 Å². The third-order valence-corrected chi connectivity index (χ3v) is 1.66. The van der Waals surface area contributed by atoms with Gasteiger partial charge in [-0.2, -0.15) is 4.39 Å². The first-order valence-corrected chi connectivity index (χ1v) is 3.66. The molecule has 1 aromatic rings. The van der Waals surface area contributed by atoms with E-state index in [1.54, 1.807) is 13.0 Å². The topological polar surface area (TPSA) is 59.1 Å². The van der Waals surface area contributed by atoms with Crippen molar-refractivity contribution in [2.75, 3.05) is 0 Å². The summed E-state index contributed by atoms with van der Waals surface area (Å²) in [5, 5.41) is 9.10. The lowest BCUT2D eigenvalue weighted by Gasteiger charge is -2.14. The number of halogens is 1. The third kappa shape index (κ3) is 1.99. The third-order valence-electron chi connectivity index (χ3n) is 1.66. The van der Waals surface area contributed by atoms with Crippen molar-refractivity contribution >= 4 is 0 Å². The largest absolute Gasteiger partial charge is 0.391 e. The van der Waals surface area contributed by atoms with Crippen molar-refractivity contribution in [1.29, 1.82) is 0 Å². The molecule has 3 N–H and O–H groups in total.